The normalized spacial score (nSPS) is 14.2. The fourth-order valence-corrected chi connectivity index (χ4v) is 2.20. The van der Waals surface area contributed by atoms with E-state index in [2.05, 4.69) is 15.3 Å². The molecule has 0 bridgehead atoms. The number of hydrogen-bond acceptors (Lipinski definition) is 4. The minimum Gasteiger partial charge on any atom is -0.488 e. The van der Waals surface area contributed by atoms with E-state index in [4.69, 9.17) is 4.74 Å². The zero-order valence-electron chi connectivity index (χ0n) is 11.6. The van der Waals surface area contributed by atoms with Crippen molar-refractivity contribution in [3.63, 3.8) is 0 Å². The molecule has 4 nitrogen and oxygen atoms in total. The Labute approximate surface area is 122 Å². The van der Waals surface area contributed by atoms with Crippen molar-refractivity contribution in [1.29, 1.82) is 0 Å². The lowest BCUT2D eigenvalue weighted by Gasteiger charge is -2.18. The Bertz CT molecular complexity index is 643. The summed E-state index contributed by atoms with van der Waals surface area (Å²) in [5, 5.41) is 3.13. The fraction of sp³-hybridized carbons (Fsp3) is 0.250. The first kappa shape index (κ1) is 13.5. The highest BCUT2D eigenvalue weighted by molar-refractivity contribution is 6.01. The highest BCUT2D eigenvalue weighted by Gasteiger charge is 2.17. The molecule has 0 radical (unpaired) electrons. The van der Waals surface area contributed by atoms with Crippen LogP contribution >= 0.6 is 0 Å². The molecule has 108 valence electrons. The van der Waals surface area contributed by atoms with Crippen molar-refractivity contribution in [2.45, 2.75) is 13.0 Å². The van der Waals surface area contributed by atoms with Crippen LogP contribution in [-0.4, -0.2) is 23.9 Å². The summed E-state index contributed by atoms with van der Waals surface area (Å²) in [6.07, 6.45) is 4.40. The van der Waals surface area contributed by atoms with E-state index in [9.17, 15) is 4.39 Å². The van der Waals surface area contributed by atoms with Crippen LogP contribution in [0.2, 0.25) is 0 Å². The van der Waals surface area contributed by atoms with E-state index in [0.717, 1.165) is 18.5 Å². The van der Waals surface area contributed by atoms with Gasteiger partial charge in [-0.25, -0.2) is 4.39 Å². The Morgan fingerprint density at radius 1 is 1.24 bits per heavy atom. The summed E-state index contributed by atoms with van der Waals surface area (Å²) < 4.78 is 19.9. The number of halogens is 1. The molecule has 2 aromatic rings. The number of amidine groups is 1. The number of pyridine rings is 1. The molecule has 0 fully saturated rings. The van der Waals surface area contributed by atoms with Crippen LogP contribution in [0.3, 0.4) is 0 Å². The summed E-state index contributed by atoms with van der Waals surface area (Å²) in [6, 6.07) is 8.58. The molecular formula is C16H16FN3O. The first-order valence-electron chi connectivity index (χ1n) is 6.93. The van der Waals surface area contributed by atoms with Crippen LogP contribution in [0.25, 0.3) is 0 Å². The molecule has 21 heavy (non-hydrogen) atoms. The van der Waals surface area contributed by atoms with Gasteiger partial charge in [-0.2, -0.15) is 0 Å². The quantitative estimate of drug-likeness (QED) is 0.939. The zero-order valence-corrected chi connectivity index (χ0v) is 11.6. The largest absolute Gasteiger partial charge is 0.488 e. The van der Waals surface area contributed by atoms with Crippen LogP contribution in [0.15, 0.2) is 47.7 Å². The first-order chi connectivity index (χ1) is 10.3. The Hall–Kier alpha value is -2.43. The summed E-state index contributed by atoms with van der Waals surface area (Å²) >= 11 is 0. The van der Waals surface area contributed by atoms with Crippen molar-refractivity contribution in [2.75, 3.05) is 13.1 Å². The van der Waals surface area contributed by atoms with Crippen LogP contribution in [0.1, 0.15) is 17.5 Å². The lowest BCUT2D eigenvalue weighted by atomic mass is 10.1. The number of aliphatic imine (C=N–C) groups is 1. The predicted molar refractivity (Wildman–Crippen MR) is 79.0 cm³/mol. The maximum atomic E-state index is 14.1. The highest BCUT2D eigenvalue weighted by Crippen LogP contribution is 2.23. The van der Waals surface area contributed by atoms with Crippen LogP contribution in [-0.2, 0) is 6.61 Å². The maximum Gasteiger partial charge on any atom is 0.137 e. The van der Waals surface area contributed by atoms with E-state index in [-0.39, 0.29) is 5.82 Å². The second-order valence-corrected chi connectivity index (χ2v) is 4.77. The van der Waals surface area contributed by atoms with Crippen LogP contribution < -0.4 is 10.1 Å². The molecule has 1 aliphatic rings. The van der Waals surface area contributed by atoms with Crippen molar-refractivity contribution in [3.8, 4) is 5.75 Å². The van der Waals surface area contributed by atoms with Crippen molar-refractivity contribution in [2.24, 2.45) is 4.99 Å². The Kier molecular flexibility index (Phi) is 4.09. The summed E-state index contributed by atoms with van der Waals surface area (Å²) in [4.78, 5) is 8.39. The molecule has 0 aliphatic carbocycles. The molecule has 5 heteroatoms. The predicted octanol–water partition coefficient (Wildman–Crippen LogP) is 2.54. The number of benzene rings is 1. The standard InChI is InChI=1S/C16H16FN3O/c17-13-5-1-6-14(15(13)16-19-8-3-9-20-16)21-11-12-4-2-7-18-10-12/h1-2,4-7,10H,3,8-9,11H2,(H,19,20). The molecule has 1 aliphatic heterocycles. The third-order valence-corrected chi connectivity index (χ3v) is 3.23. The molecule has 3 rings (SSSR count). The van der Waals surface area contributed by atoms with E-state index in [1.54, 1.807) is 24.5 Å². The molecule has 0 atom stereocenters. The van der Waals surface area contributed by atoms with Gasteiger partial charge in [-0.05, 0) is 24.6 Å². The average Bonchev–Trinajstić information content (AvgIpc) is 2.55. The van der Waals surface area contributed by atoms with E-state index in [0.29, 0.717) is 30.3 Å². The van der Waals surface area contributed by atoms with Gasteiger partial charge in [0.2, 0.25) is 0 Å². The van der Waals surface area contributed by atoms with E-state index in [1.165, 1.54) is 6.07 Å². The maximum absolute atomic E-state index is 14.1. The third-order valence-electron chi connectivity index (χ3n) is 3.23. The molecule has 2 heterocycles. The summed E-state index contributed by atoms with van der Waals surface area (Å²) in [6.45, 7) is 1.85. The summed E-state index contributed by atoms with van der Waals surface area (Å²) in [7, 11) is 0. The number of ether oxygens (including phenoxy) is 1. The average molecular weight is 285 g/mol. The van der Waals surface area contributed by atoms with Gasteiger partial charge in [0.25, 0.3) is 0 Å². The van der Waals surface area contributed by atoms with Gasteiger partial charge in [-0.1, -0.05) is 12.1 Å². The summed E-state index contributed by atoms with van der Waals surface area (Å²) in [5.74, 6) is 0.736. The van der Waals surface area contributed by atoms with Gasteiger partial charge in [-0.15, -0.1) is 0 Å². The molecule has 0 saturated carbocycles. The minimum absolute atomic E-state index is 0.327. The smallest absolute Gasteiger partial charge is 0.137 e. The third kappa shape index (κ3) is 3.18. The van der Waals surface area contributed by atoms with Crippen molar-refractivity contribution < 1.29 is 9.13 Å². The van der Waals surface area contributed by atoms with Crippen LogP contribution in [0.4, 0.5) is 4.39 Å². The molecule has 0 amide bonds. The van der Waals surface area contributed by atoms with Gasteiger partial charge in [0.05, 0.1) is 5.56 Å². The lowest BCUT2D eigenvalue weighted by molar-refractivity contribution is 0.303. The van der Waals surface area contributed by atoms with E-state index < -0.39 is 0 Å². The topological polar surface area (TPSA) is 46.5 Å². The van der Waals surface area contributed by atoms with Crippen LogP contribution in [0, 0.1) is 5.82 Å². The Morgan fingerprint density at radius 2 is 2.19 bits per heavy atom. The first-order valence-corrected chi connectivity index (χ1v) is 6.93. The van der Waals surface area contributed by atoms with Crippen LogP contribution in [0.5, 0.6) is 5.75 Å². The van der Waals surface area contributed by atoms with Gasteiger partial charge in [0, 0.05) is 31.0 Å². The Balaban J connectivity index is 1.85. The number of rotatable bonds is 4. The molecule has 0 spiro atoms. The Morgan fingerprint density at radius 3 is 2.95 bits per heavy atom. The SMILES string of the molecule is Fc1cccc(OCc2cccnc2)c1C1=NCCCN1. The second-order valence-electron chi connectivity index (χ2n) is 4.77. The van der Waals surface area contributed by atoms with Gasteiger partial charge >= 0.3 is 0 Å². The van der Waals surface area contributed by atoms with Crippen molar-refractivity contribution >= 4 is 5.84 Å². The molecule has 0 unspecified atom stereocenters. The number of nitrogens with one attached hydrogen (secondary N) is 1. The summed E-state index contributed by atoms with van der Waals surface area (Å²) in [5.41, 5.74) is 1.34. The second kappa shape index (κ2) is 6.35. The van der Waals surface area contributed by atoms with E-state index in [1.807, 2.05) is 12.1 Å². The van der Waals surface area contributed by atoms with Gasteiger partial charge in [-0.3, -0.25) is 9.98 Å². The van der Waals surface area contributed by atoms with Crippen molar-refractivity contribution in [3.05, 3.63) is 59.7 Å². The van der Waals surface area contributed by atoms with Gasteiger partial charge < -0.3 is 10.1 Å². The molecule has 1 aromatic heterocycles. The fourth-order valence-electron chi connectivity index (χ4n) is 2.20. The highest BCUT2D eigenvalue weighted by atomic mass is 19.1. The number of nitrogens with zero attached hydrogens (tertiary/aromatic N) is 2. The van der Waals surface area contributed by atoms with Gasteiger partial charge in [0.15, 0.2) is 0 Å². The monoisotopic (exact) mass is 285 g/mol. The molecule has 1 N–H and O–H groups in total. The van der Waals surface area contributed by atoms with E-state index >= 15 is 0 Å². The zero-order chi connectivity index (χ0) is 14.5. The van der Waals surface area contributed by atoms with Gasteiger partial charge in [0.1, 0.15) is 24.0 Å². The lowest BCUT2D eigenvalue weighted by Crippen LogP contribution is -2.31. The van der Waals surface area contributed by atoms with Crippen molar-refractivity contribution in [1.82, 2.24) is 10.3 Å². The molecule has 1 aromatic carbocycles. The number of aromatic nitrogens is 1. The molecular weight excluding hydrogens is 269 g/mol. The number of hydrogen-bond donors (Lipinski definition) is 1. The molecule has 0 saturated heterocycles. The minimum atomic E-state index is -0.327.